The molecule has 0 amide bonds. The second-order valence-corrected chi connectivity index (χ2v) is 5.06. The third-order valence-electron chi connectivity index (χ3n) is 3.68. The zero-order valence-corrected chi connectivity index (χ0v) is 13.6. The van der Waals surface area contributed by atoms with Gasteiger partial charge < -0.3 is 4.90 Å². The molecule has 0 fully saturated rings. The van der Waals surface area contributed by atoms with Gasteiger partial charge in [0, 0.05) is 36.5 Å². The number of anilines is 1. The number of non-ortho nitro benzene ring substituents is 1. The number of nitrogens with zero attached hydrogens (tertiary/aromatic N) is 4. The lowest BCUT2D eigenvalue weighted by Crippen LogP contribution is -2.21. The molecule has 0 bridgehead atoms. The molecule has 122 valence electrons. The van der Waals surface area contributed by atoms with E-state index in [1.165, 1.54) is 24.3 Å². The first kappa shape index (κ1) is 17.2. The molecule has 0 atom stereocenters. The highest BCUT2D eigenvalue weighted by Gasteiger charge is 2.08. The minimum absolute atomic E-state index is 0.0142. The molecule has 2 aromatic rings. The van der Waals surface area contributed by atoms with E-state index in [4.69, 9.17) is 0 Å². The lowest BCUT2D eigenvalue weighted by Gasteiger charge is -2.20. The third kappa shape index (κ3) is 3.96. The van der Waals surface area contributed by atoms with E-state index in [2.05, 4.69) is 23.7 Å². The van der Waals surface area contributed by atoms with Crippen molar-refractivity contribution in [3.05, 3.63) is 64.2 Å². The third-order valence-corrected chi connectivity index (χ3v) is 3.68. The Balaban J connectivity index is 2.27. The highest BCUT2D eigenvalue weighted by molar-refractivity contribution is 6.12. The van der Waals surface area contributed by atoms with Crippen molar-refractivity contribution in [3.8, 4) is 6.07 Å². The number of benzene rings is 2. The van der Waals surface area contributed by atoms with Crippen LogP contribution in [0.2, 0.25) is 0 Å². The minimum Gasteiger partial charge on any atom is -0.372 e. The van der Waals surface area contributed by atoms with Crippen LogP contribution in [0.1, 0.15) is 19.4 Å². The predicted octanol–water partition coefficient (Wildman–Crippen LogP) is 4.09. The van der Waals surface area contributed by atoms with E-state index in [9.17, 15) is 15.4 Å². The molecule has 6 heteroatoms. The van der Waals surface area contributed by atoms with Gasteiger partial charge in [-0.2, -0.15) is 5.26 Å². The fourth-order valence-electron chi connectivity index (χ4n) is 2.35. The Morgan fingerprint density at radius 2 is 1.71 bits per heavy atom. The van der Waals surface area contributed by atoms with Crippen LogP contribution in [-0.2, 0) is 0 Å². The minimum atomic E-state index is -0.473. The summed E-state index contributed by atoms with van der Waals surface area (Å²) in [6.45, 7) is 6.03. The normalized spacial score (nSPS) is 11.0. The summed E-state index contributed by atoms with van der Waals surface area (Å²) < 4.78 is 0. The molecule has 0 saturated carbocycles. The zero-order chi connectivity index (χ0) is 17.5. The van der Waals surface area contributed by atoms with Gasteiger partial charge in [0.15, 0.2) is 0 Å². The number of nitro benzene ring substituents is 1. The monoisotopic (exact) mass is 322 g/mol. The lowest BCUT2D eigenvalue weighted by atomic mass is 10.1. The van der Waals surface area contributed by atoms with Gasteiger partial charge in [-0.3, -0.25) is 10.1 Å². The van der Waals surface area contributed by atoms with Crippen molar-refractivity contribution >= 4 is 22.8 Å². The van der Waals surface area contributed by atoms with Gasteiger partial charge in [0.05, 0.1) is 10.6 Å². The molecule has 24 heavy (non-hydrogen) atoms. The maximum Gasteiger partial charge on any atom is 0.269 e. The molecule has 0 N–H and O–H groups in total. The summed E-state index contributed by atoms with van der Waals surface area (Å²) in [5.74, 6) is 0. The van der Waals surface area contributed by atoms with Crippen LogP contribution in [0.3, 0.4) is 0 Å². The standard InChI is InChI=1S/C18H18N4O2/c1-3-21(4-2)16-11-7-15(8-12-16)20-18(13-19)14-5-9-17(10-6-14)22(23)24/h5-12H,3-4H2,1-2H3. The Morgan fingerprint density at radius 1 is 1.12 bits per heavy atom. The number of hydrogen-bond donors (Lipinski definition) is 0. The lowest BCUT2D eigenvalue weighted by molar-refractivity contribution is -0.384. The van der Waals surface area contributed by atoms with E-state index < -0.39 is 4.92 Å². The van der Waals surface area contributed by atoms with Crippen molar-refractivity contribution in [2.24, 2.45) is 4.99 Å². The van der Waals surface area contributed by atoms with Crippen LogP contribution in [0.25, 0.3) is 0 Å². The van der Waals surface area contributed by atoms with E-state index in [1.807, 2.05) is 30.3 Å². The average Bonchev–Trinajstić information content (AvgIpc) is 2.62. The molecule has 0 aromatic heterocycles. The predicted molar refractivity (Wildman–Crippen MR) is 94.9 cm³/mol. The van der Waals surface area contributed by atoms with Gasteiger partial charge in [-0.15, -0.1) is 0 Å². The maximum atomic E-state index is 10.7. The molecular weight excluding hydrogens is 304 g/mol. The molecule has 0 aliphatic carbocycles. The topological polar surface area (TPSA) is 82.5 Å². The van der Waals surface area contributed by atoms with E-state index in [-0.39, 0.29) is 11.4 Å². The number of rotatable bonds is 6. The Morgan fingerprint density at radius 3 is 2.17 bits per heavy atom. The zero-order valence-electron chi connectivity index (χ0n) is 13.6. The van der Waals surface area contributed by atoms with Crippen LogP contribution in [0.15, 0.2) is 53.5 Å². The first-order chi connectivity index (χ1) is 11.6. The fourth-order valence-corrected chi connectivity index (χ4v) is 2.35. The Bertz CT molecular complexity index is 770. The molecule has 2 rings (SSSR count). The second kappa shape index (κ2) is 7.88. The van der Waals surface area contributed by atoms with Gasteiger partial charge in [-0.1, -0.05) is 0 Å². The van der Waals surface area contributed by atoms with Gasteiger partial charge >= 0.3 is 0 Å². The molecule has 0 aliphatic rings. The van der Waals surface area contributed by atoms with Gasteiger partial charge in [-0.05, 0) is 50.2 Å². The molecule has 0 saturated heterocycles. The molecule has 0 spiro atoms. The van der Waals surface area contributed by atoms with Crippen molar-refractivity contribution in [1.29, 1.82) is 5.26 Å². The first-order valence-electron chi connectivity index (χ1n) is 7.67. The number of nitriles is 1. The van der Waals surface area contributed by atoms with Crippen molar-refractivity contribution in [3.63, 3.8) is 0 Å². The highest BCUT2D eigenvalue weighted by Crippen LogP contribution is 2.21. The molecule has 0 aliphatic heterocycles. The van der Waals surface area contributed by atoms with Gasteiger partial charge in [0.2, 0.25) is 0 Å². The summed E-state index contributed by atoms with van der Waals surface area (Å²) in [5, 5.41) is 20.0. The Hall–Kier alpha value is -3.20. The SMILES string of the molecule is CCN(CC)c1ccc(N=C(C#N)c2ccc([N+](=O)[O-])cc2)cc1. The van der Waals surface area contributed by atoms with Crippen LogP contribution in [0.4, 0.5) is 17.1 Å². The van der Waals surface area contributed by atoms with Crippen LogP contribution in [-0.4, -0.2) is 23.7 Å². The van der Waals surface area contributed by atoms with Gasteiger partial charge in [0.25, 0.3) is 5.69 Å². The summed E-state index contributed by atoms with van der Waals surface area (Å²) in [7, 11) is 0. The molecule has 0 unspecified atom stereocenters. The maximum absolute atomic E-state index is 10.7. The quantitative estimate of drug-likeness (QED) is 0.455. The Labute approximate surface area is 140 Å². The summed E-state index contributed by atoms with van der Waals surface area (Å²) in [5.41, 5.74) is 2.53. The van der Waals surface area contributed by atoms with Crippen LogP contribution in [0, 0.1) is 21.4 Å². The van der Waals surface area contributed by atoms with Crippen molar-refractivity contribution in [1.82, 2.24) is 0 Å². The number of hydrogen-bond acceptors (Lipinski definition) is 5. The first-order valence-corrected chi connectivity index (χ1v) is 7.67. The molecule has 2 aromatic carbocycles. The van der Waals surface area contributed by atoms with Crippen LogP contribution in [0.5, 0.6) is 0 Å². The van der Waals surface area contributed by atoms with E-state index in [1.54, 1.807) is 0 Å². The van der Waals surface area contributed by atoms with Gasteiger partial charge in [0.1, 0.15) is 11.8 Å². The number of aliphatic imine (C=N–C) groups is 1. The molecular formula is C18H18N4O2. The largest absolute Gasteiger partial charge is 0.372 e. The summed E-state index contributed by atoms with van der Waals surface area (Å²) >= 11 is 0. The van der Waals surface area contributed by atoms with Crippen molar-refractivity contribution < 1.29 is 4.92 Å². The second-order valence-electron chi connectivity index (χ2n) is 5.06. The summed E-state index contributed by atoms with van der Waals surface area (Å²) in [6.07, 6.45) is 0. The number of nitro groups is 1. The average molecular weight is 322 g/mol. The van der Waals surface area contributed by atoms with E-state index in [0.29, 0.717) is 11.3 Å². The fraction of sp³-hybridized carbons (Fsp3) is 0.222. The van der Waals surface area contributed by atoms with Crippen molar-refractivity contribution in [2.45, 2.75) is 13.8 Å². The van der Waals surface area contributed by atoms with Gasteiger partial charge in [-0.25, -0.2) is 4.99 Å². The van der Waals surface area contributed by atoms with Crippen LogP contribution >= 0.6 is 0 Å². The summed E-state index contributed by atoms with van der Waals surface area (Å²) in [6, 6.07) is 15.5. The van der Waals surface area contributed by atoms with E-state index in [0.717, 1.165) is 18.8 Å². The molecule has 0 heterocycles. The molecule has 0 radical (unpaired) electrons. The smallest absolute Gasteiger partial charge is 0.269 e. The molecule has 6 nitrogen and oxygen atoms in total. The summed E-state index contributed by atoms with van der Waals surface area (Å²) in [4.78, 5) is 16.8. The Kier molecular flexibility index (Phi) is 5.63. The highest BCUT2D eigenvalue weighted by atomic mass is 16.6. The van der Waals surface area contributed by atoms with Crippen molar-refractivity contribution in [2.75, 3.05) is 18.0 Å². The van der Waals surface area contributed by atoms with Crippen LogP contribution < -0.4 is 4.90 Å². The van der Waals surface area contributed by atoms with E-state index >= 15 is 0 Å².